The molecule has 2 aliphatic rings. The maximum Gasteiger partial charge on any atom is 0.274 e. The lowest BCUT2D eigenvalue weighted by Gasteiger charge is -2.37. The molecule has 7 nitrogen and oxygen atoms in total. The number of rotatable bonds is 6. The Hall–Kier alpha value is -1.99. The molecule has 0 radical (unpaired) electrons. The van der Waals surface area contributed by atoms with E-state index in [2.05, 4.69) is 16.7 Å². The number of hydrogen-bond acceptors (Lipinski definition) is 5. The van der Waals surface area contributed by atoms with Crippen molar-refractivity contribution in [2.24, 2.45) is 17.6 Å². The molecule has 2 saturated heterocycles. The van der Waals surface area contributed by atoms with Crippen molar-refractivity contribution < 1.29 is 9.72 Å². The normalized spacial score (nSPS) is 22.6. The summed E-state index contributed by atoms with van der Waals surface area (Å²) >= 11 is 0. The van der Waals surface area contributed by atoms with Crippen LogP contribution in [0.2, 0.25) is 0 Å². The van der Waals surface area contributed by atoms with Gasteiger partial charge >= 0.3 is 0 Å². The van der Waals surface area contributed by atoms with Crippen LogP contribution in [0.15, 0.2) is 18.2 Å². The van der Waals surface area contributed by atoms with Crippen molar-refractivity contribution in [1.82, 2.24) is 9.80 Å². The molecule has 2 aliphatic heterocycles. The van der Waals surface area contributed by atoms with Crippen molar-refractivity contribution in [3.8, 4) is 0 Å². The predicted molar refractivity (Wildman–Crippen MR) is 104 cm³/mol. The van der Waals surface area contributed by atoms with E-state index in [1.165, 1.54) is 38.4 Å². The molecule has 0 aromatic heterocycles. The van der Waals surface area contributed by atoms with Crippen molar-refractivity contribution in [2.75, 3.05) is 32.7 Å². The van der Waals surface area contributed by atoms with Crippen LogP contribution in [0.4, 0.5) is 5.69 Å². The highest BCUT2D eigenvalue weighted by atomic mass is 16.6. The van der Waals surface area contributed by atoms with E-state index in [1.54, 1.807) is 12.1 Å². The zero-order valence-electron chi connectivity index (χ0n) is 16.1. The summed E-state index contributed by atoms with van der Waals surface area (Å²) in [5, 5.41) is 11.4. The van der Waals surface area contributed by atoms with E-state index in [0.29, 0.717) is 18.0 Å². The minimum Gasteiger partial charge on any atom is -0.366 e. The third kappa shape index (κ3) is 5.26. The van der Waals surface area contributed by atoms with Crippen LogP contribution in [0, 0.1) is 22.0 Å². The van der Waals surface area contributed by atoms with Crippen LogP contribution in [0.5, 0.6) is 0 Å². The molecule has 27 heavy (non-hydrogen) atoms. The van der Waals surface area contributed by atoms with E-state index in [9.17, 15) is 14.9 Å². The lowest BCUT2D eigenvalue weighted by Crippen LogP contribution is -2.43. The first-order valence-electron chi connectivity index (χ1n) is 9.94. The molecule has 0 saturated carbocycles. The molecular formula is C20H30N4O3. The molecule has 2 N–H and O–H groups in total. The van der Waals surface area contributed by atoms with E-state index in [1.807, 2.05) is 0 Å². The highest BCUT2D eigenvalue weighted by molar-refractivity contribution is 5.93. The maximum atomic E-state index is 11.4. The van der Waals surface area contributed by atoms with Gasteiger partial charge in [0, 0.05) is 36.8 Å². The molecule has 1 amide bonds. The smallest absolute Gasteiger partial charge is 0.274 e. The molecule has 148 valence electrons. The molecule has 1 aromatic carbocycles. The minimum absolute atomic E-state index is 0.0153. The number of hydrogen-bond donors (Lipinski definition) is 1. The van der Waals surface area contributed by atoms with Crippen LogP contribution in [0.25, 0.3) is 0 Å². The molecular weight excluding hydrogens is 344 g/mol. The van der Waals surface area contributed by atoms with Gasteiger partial charge in [0.2, 0.25) is 5.91 Å². The zero-order valence-corrected chi connectivity index (χ0v) is 16.1. The number of nitrogens with two attached hydrogens (primary N) is 1. The SMILES string of the molecule is CC1CCN(CC2CCCN(Cc3ccc(C(N)=O)cc3[N+](=O)[O-])C2)CC1. The topological polar surface area (TPSA) is 92.7 Å². The van der Waals surface area contributed by atoms with E-state index in [4.69, 9.17) is 5.73 Å². The first-order valence-corrected chi connectivity index (χ1v) is 9.94. The van der Waals surface area contributed by atoms with Gasteiger partial charge in [-0.1, -0.05) is 13.0 Å². The number of benzene rings is 1. The van der Waals surface area contributed by atoms with Crippen molar-refractivity contribution in [2.45, 2.75) is 39.2 Å². The Kier molecular flexibility index (Phi) is 6.44. The molecule has 2 heterocycles. The first-order chi connectivity index (χ1) is 12.9. The number of amides is 1. The van der Waals surface area contributed by atoms with Crippen LogP contribution in [0.1, 0.15) is 48.5 Å². The molecule has 0 spiro atoms. The summed E-state index contributed by atoms with van der Waals surface area (Å²) in [6.45, 7) is 8.32. The summed E-state index contributed by atoms with van der Waals surface area (Å²) in [6, 6.07) is 4.56. The van der Waals surface area contributed by atoms with Gasteiger partial charge in [-0.25, -0.2) is 0 Å². The minimum atomic E-state index is -0.640. The average molecular weight is 374 g/mol. The number of primary amides is 1. The molecule has 1 aromatic rings. The van der Waals surface area contributed by atoms with E-state index in [0.717, 1.165) is 32.0 Å². The number of nitro benzene ring substituents is 1. The fourth-order valence-corrected chi connectivity index (χ4v) is 4.32. The second kappa shape index (κ2) is 8.80. The van der Waals surface area contributed by atoms with E-state index in [-0.39, 0.29) is 11.3 Å². The van der Waals surface area contributed by atoms with Gasteiger partial charge in [0.1, 0.15) is 0 Å². The summed E-state index contributed by atoms with van der Waals surface area (Å²) in [5.74, 6) is 0.822. The lowest BCUT2D eigenvalue weighted by atomic mass is 9.94. The Bertz CT molecular complexity index is 686. The van der Waals surface area contributed by atoms with Crippen LogP contribution in [-0.4, -0.2) is 53.4 Å². The average Bonchev–Trinajstić information content (AvgIpc) is 2.64. The van der Waals surface area contributed by atoms with Crippen molar-refractivity contribution in [1.29, 1.82) is 0 Å². The van der Waals surface area contributed by atoms with Crippen LogP contribution in [0.3, 0.4) is 0 Å². The molecule has 3 rings (SSSR count). The number of nitro groups is 1. The lowest BCUT2D eigenvalue weighted by molar-refractivity contribution is -0.385. The van der Waals surface area contributed by atoms with Gasteiger partial charge in [0.05, 0.1) is 4.92 Å². The summed E-state index contributed by atoms with van der Waals surface area (Å²) < 4.78 is 0. The highest BCUT2D eigenvalue weighted by Gasteiger charge is 2.26. The first kappa shape index (κ1) is 19.8. The number of piperidine rings is 2. The summed E-state index contributed by atoms with van der Waals surface area (Å²) in [4.78, 5) is 27.2. The standard InChI is InChI=1S/C20H30N4O3/c1-15-6-9-22(10-7-15)12-16-3-2-8-23(13-16)14-18-5-4-17(20(21)25)11-19(18)24(26)27/h4-5,11,15-16H,2-3,6-10,12-14H2,1H3,(H2,21,25). The van der Waals surface area contributed by atoms with Gasteiger partial charge in [-0.05, 0) is 63.2 Å². The molecule has 2 fully saturated rings. The van der Waals surface area contributed by atoms with E-state index < -0.39 is 10.8 Å². The van der Waals surface area contributed by atoms with Gasteiger partial charge in [0.15, 0.2) is 0 Å². The van der Waals surface area contributed by atoms with Gasteiger partial charge < -0.3 is 10.6 Å². The van der Waals surface area contributed by atoms with Crippen molar-refractivity contribution in [3.63, 3.8) is 0 Å². The van der Waals surface area contributed by atoms with Gasteiger partial charge in [-0.3, -0.25) is 19.8 Å². The molecule has 7 heteroatoms. The Balaban J connectivity index is 1.62. The number of nitrogens with zero attached hydrogens (tertiary/aromatic N) is 3. The van der Waals surface area contributed by atoms with Crippen LogP contribution in [-0.2, 0) is 6.54 Å². The molecule has 0 aliphatic carbocycles. The molecule has 0 bridgehead atoms. The Labute approximate surface area is 160 Å². The van der Waals surface area contributed by atoms with Gasteiger partial charge in [-0.2, -0.15) is 0 Å². The molecule has 1 unspecified atom stereocenters. The highest BCUT2D eigenvalue weighted by Crippen LogP contribution is 2.26. The number of carbonyl (C=O) groups excluding carboxylic acids is 1. The number of carbonyl (C=O) groups is 1. The van der Waals surface area contributed by atoms with E-state index >= 15 is 0 Å². The Morgan fingerprint density at radius 1 is 1.22 bits per heavy atom. The van der Waals surface area contributed by atoms with Crippen molar-refractivity contribution >= 4 is 11.6 Å². The summed E-state index contributed by atoms with van der Waals surface area (Å²) in [5.41, 5.74) is 6.07. The van der Waals surface area contributed by atoms with Crippen molar-refractivity contribution in [3.05, 3.63) is 39.4 Å². The summed E-state index contributed by atoms with van der Waals surface area (Å²) in [6.07, 6.45) is 4.93. The quantitative estimate of drug-likeness (QED) is 0.610. The Morgan fingerprint density at radius 3 is 2.63 bits per heavy atom. The number of likely N-dealkylation sites (tertiary alicyclic amines) is 2. The Morgan fingerprint density at radius 2 is 1.96 bits per heavy atom. The second-order valence-electron chi connectivity index (χ2n) is 8.19. The summed E-state index contributed by atoms with van der Waals surface area (Å²) in [7, 11) is 0. The third-order valence-electron chi connectivity index (χ3n) is 5.96. The predicted octanol–water partition coefficient (Wildman–Crippen LogP) is 2.64. The second-order valence-corrected chi connectivity index (χ2v) is 8.19. The third-order valence-corrected chi connectivity index (χ3v) is 5.96. The zero-order chi connectivity index (χ0) is 19.4. The largest absolute Gasteiger partial charge is 0.366 e. The fourth-order valence-electron chi connectivity index (χ4n) is 4.32. The monoisotopic (exact) mass is 374 g/mol. The molecule has 1 atom stereocenters. The van der Waals surface area contributed by atoms with Crippen LogP contribution < -0.4 is 5.73 Å². The van der Waals surface area contributed by atoms with Gasteiger partial charge in [0.25, 0.3) is 5.69 Å². The fraction of sp³-hybridized carbons (Fsp3) is 0.650. The van der Waals surface area contributed by atoms with Crippen LogP contribution >= 0.6 is 0 Å². The maximum absolute atomic E-state index is 11.4. The van der Waals surface area contributed by atoms with Gasteiger partial charge in [-0.15, -0.1) is 0 Å².